The van der Waals surface area contributed by atoms with Crippen molar-refractivity contribution in [1.29, 1.82) is 0 Å². The minimum absolute atomic E-state index is 0.163. The lowest BCUT2D eigenvalue weighted by Gasteiger charge is -2.15. The monoisotopic (exact) mass is 444 g/mol. The molecule has 1 N–H and O–H groups in total. The number of halogens is 2. The fourth-order valence-corrected chi connectivity index (χ4v) is 3.42. The first kappa shape index (κ1) is 20.3. The summed E-state index contributed by atoms with van der Waals surface area (Å²) in [5.41, 5.74) is 2.74. The van der Waals surface area contributed by atoms with E-state index in [1.807, 2.05) is 36.4 Å². The van der Waals surface area contributed by atoms with Gasteiger partial charge in [-0.05, 0) is 64.3 Å². The summed E-state index contributed by atoms with van der Waals surface area (Å²) in [6, 6.07) is 14.6. The molecule has 6 heteroatoms. The van der Waals surface area contributed by atoms with E-state index >= 15 is 0 Å². The van der Waals surface area contributed by atoms with Gasteiger partial charge in [0.25, 0.3) is 0 Å². The molecule has 1 heterocycles. The van der Waals surface area contributed by atoms with E-state index in [2.05, 4.69) is 26.2 Å². The Hall–Kier alpha value is -2.44. The highest BCUT2D eigenvalue weighted by molar-refractivity contribution is 9.10. The number of pyridine rings is 1. The molecule has 0 radical (unpaired) electrons. The molecule has 0 saturated carbocycles. The molecule has 3 aromatic rings. The molecule has 0 atom stereocenters. The van der Waals surface area contributed by atoms with E-state index in [0.717, 1.165) is 15.6 Å². The Balaban J connectivity index is 1.58. The smallest absolute Gasteiger partial charge is 0.175 e. The molecule has 0 unspecified atom stereocenters. The first-order valence-electron chi connectivity index (χ1n) is 8.99. The van der Waals surface area contributed by atoms with E-state index in [4.69, 9.17) is 9.47 Å². The van der Waals surface area contributed by atoms with Crippen LogP contribution >= 0.6 is 15.9 Å². The molecular formula is C22H22BrFN2O2. The van der Waals surface area contributed by atoms with Crippen molar-refractivity contribution in [3.8, 4) is 11.5 Å². The molecule has 1 aromatic heterocycles. The van der Waals surface area contributed by atoms with E-state index in [-0.39, 0.29) is 5.82 Å². The summed E-state index contributed by atoms with van der Waals surface area (Å²) >= 11 is 3.57. The zero-order valence-electron chi connectivity index (χ0n) is 15.6. The Bertz CT molecular complexity index is 906. The quantitative estimate of drug-likeness (QED) is 0.476. The predicted molar refractivity (Wildman–Crippen MR) is 111 cm³/mol. The van der Waals surface area contributed by atoms with Crippen LogP contribution in [0.15, 0.2) is 65.4 Å². The number of ether oxygens (including phenoxy) is 2. The number of methoxy groups -OCH3 is 1. The first-order valence-corrected chi connectivity index (χ1v) is 9.79. The molecular weight excluding hydrogens is 423 g/mol. The number of rotatable bonds is 9. The number of nitrogens with zero attached hydrogens (tertiary/aromatic N) is 1. The third kappa shape index (κ3) is 5.53. The van der Waals surface area contributed by atoms with Gasteiger partial charge < -0.3 is 14.8 Å². The minimum Gasteiger partial charge on any atom is -0.493 e. The molecule has 3 rings (SSSR count). The van der Waals surface area contributed by atoms with Crippen LogP contribution in [-0.2, 0) is 19.6 Å². The molecule has 146 valence electrons. The Kier molecular flexibility index (Phi) is 7.39. The lowest BCUT2D eigenvalue weighted by Crippen LogP contribution is -2.17. The fraction of sp³-hybridized carbons (Fsp3) is 0.227. The van der Waals surface area contributed by atoms with Gasteiger partial charge in [-0.3, -0.25) is 4.98 Å². The molecule has 0 fully saturated rings. The summed E-state index contributed by atoms with van der Waals surface area (Å²) in [5.74, 6) is 1.15. The normalized spacial score (nSPS) is 10.7. The Morgan fingerprint density at radius 3 is 2.71 bits per heavy atom. The highest BCUT2D eigenvalue weighted by Crippen LogP contribution is 2.37. The first-order chi connectivity index (χ1) is 13.7. The zero-order chi connectivity index (χ0) is 19.8. The number of aromatic nitrogens is 1. The van der Waals surface area contributed by atoms with Crippen molar-refractivity contribution in [2.75, 3.05) is 13.7 Å². The predicted octanol–water partition coefficient (Wildman–Crippen LogP) is 4.90. The van der Waals surface area contributed by atoms with Gasteiger partial charge in [-0.25, -0.2) is 4.39 Å². The van der Waals surface area contributed by atoms with Gasteiger partial charge in [-0.2, -0.15) is 0 Å². The SMILES string of the molecule is COc1cc(CNCCc2ccccc2F)cc(Br)c1OCc1cccnc1. The summed E-state index contributed by atoms with van der Waals surface area (Å²) in [4.78, 5) is 4.09. The van der Waals surface area contributed by atoms with E-state index in [9.17, 15) is 4.39 Å². The van der Waals surface area contributed by atoms with Crippen LogP contribution in [0.2, 0.25) is 0 Å². The van der Waals surface area contributed by atoms with Crippen molar-refractivity contribution in [1.82, 2.24) is 10.3 Å². The van der Waals surface area contributed by atoms with Crippen LogP contribution in [0.4, 0.5) is 4.39 Å². The number of hydrogen-bond acceptors (Lipinski definition) is 4. The zero-order valence-corrected chi connectivity index (χ0v) is 17.2. The average molecular weight is 445 g/mol. The topological polar surface area (TPSA) is 43.4 Å². The van der Waals surface area contributed by atoms with E-state index in [0.29, 0.717) is 43.2 Å². The van der Waals surface area contributed by atoms with Crippen molar-refractivity contribution in [2.24, 2.45) is 0 Å². The number of benzene rings is 2. The van der Waals surface area contributed by atoms with Crippen LogP contribution in [0.5, 0.6) is 11.5 Å². The van der Waals surface area contributed by atoms with Crippen LogP contribution < -0.4 is 14.8 Å². The molecule has 0 aliphatic carbocycles. The van der Waals surface area contributed by atoms with Crippen LogP contribution in [0.3, 0.4) is 0 Å². The Morgan fingerprint density at radius 2 is 1.96 bits per heavy atom. The maximum absolute atomic E-state index is 13.7. The highest BCUT2D eigenvalue weighted by atomic mass is 79.9. The minimum atomic E-state index is -0.163. The van der Waals surface area contributed by atoms with Gasteiger partial charge in [0.05, 0.1) is 11.6 Å². The molecule has 28 heavy (non-hydrogen) atoms. The van der Waals surface area contributed by atoms with Crippen LogP contribution in [0.25, 0.3) is 0 Å². The number of nitrogens with one attached hydrogen (secondary N) is 1. The average Bonchev–Trinajstić information content (AvgIpc) is 2.72. The molecule has 0 aliphatic heterocycles. The van der Waals surface area contributed by atoms with Crippen molar-refractivity contribution >= 4 is 15.9 Å². The second-order valence-electron chi connectivity index (χ2n) is 6.28. The van der Waals surface area contributed by atoms with Crippen LogP contribution in [0, 0.1) is 5.82 Å². The van der Waals surface area contributed by atoms with Crippen LogP contribution in [-0.4, -0.2) is 18.6 Å². The molecule has 0 bridgehead atoms. The van der Waals surface area contributed by atoms with E-state index in [1.165, 1.54) is 6.07 Å². The summed E-state index contributed by atoms with van der Waals surface area (Å²) in [6.07, 6.45) is 4.14. The van der Waals surface area contributed by atoms with Crippen molar-refractivity contribution in [3.63, 3.8) is 0 Å². The van der Waals surface area contributed by atoms with Gasteiger partial charge in [-0.15, -0.1) is 0 Å². The second kappa shape index (κ2) is 10.2. The summed E-state index contributed by atoms with van der Waals surface area (Å²) in [6.45, 7) is 1.73. The van der Waals surface area contributed by atoms with Crippen molar-refractivity contribution in [2.45, 2.75) is 19.6 Å². The second-order valence-corrected chi connectivity index (χ2v) is 7.13. The Labute approximate surface area is 172 Å². The molecule has 0 spiro atoms. The third-order valence-corrected chi connectivity index (χ3v) is 4.84. The van der Waals surface area contributed by atoms with Gasteiger partial charge in [-0.1, -0.05) is 24.3 Å². The van der Waals surface area contributed by atoms with Crippen molar-refractivity contribution in [3.05, 3.63) is 87.9 Å². The van der Waals surface area contributed by atoms with E-state index < -0.39 is 0 Å². The van der Waals surface area contributed by atoms with Gasteiger partial charge in [0, 0.05) is 24.5 Å². The van der Waals surface area contributed by atoms with Gasteiger partial charge in [0.1, 0.15) is 12.4 Å². The molecule has 2 aromatic carbocycles. The summed E-state index contributed by atoms with van der Waals surface area (Å²) in [7, 11) is 1.62. The van der Waals surface area contributed by atoms with Crippen LogP contribution in [0.1, 0.15) is 16.7 Å². The summed E-state index contributed by atoms with van der Waals surface area (Å²) in [5, 5.41) is 3.34. The largest absolute Gasteiger partial charge is 0.493 e. The molecule has 0 amide bonds. The lowest BCUT2D eigenvalue weighted by atomic mass is 10.1. The standard InChI is InChI=1S/C22H22BrFN2O2/c1-27-21-12-17(14-26-10-8-18-6-2-3-7-20(18)24)11-19(23)22(21)28-15-16-5-4-9-25-13-16/h2-7,9,11-13,26H,8,10,14-15H2,1H3. The maximum atomic E-state index is 13.7. The molecule has 0 saturated heterocycles. The summed E-state index contributed by atoms with van der Waals surface area (Å²) < 4.78 is 25.9. The Morgan fingerprint density at radius 1 is 1.11 bits per heavy atom. The van der Waals surface area contributed by atoms with Gasteiger partial charge >= 0.3 is 0 Å². The molecule has 0 aliphatic rings. The van der Waals surface area contributed by atoms with Gasteiger partial charge in [0.2, 0.25) is 0 Å². The third-order valence-electron chi connectivity index (χ3n) is 4.25. The lowest BCUT2D eigenvalue weighted by molar-refractivity contribution is 0.282. The molecule has 4 nitrogen and oxygen atoms in total. The fourth-order valence-electron chi connectivity index (χ4n) is 2.81. The van der Waals surface area contributed by atoms with Crippen molar-refractivity contribution < 1.29 is 13.9 Å². The van der Waals surface area contributed by atoms with Gasteiger partial charge in [0.15, 0.2) is 11.5 Å². The maximum Gasteiger partial charge on any atom is 0.175 e. The highest BCUT2D eigenvalue weighted by Gasteiger charge is 2.12. The van der Waals surface area contributed by atoms with E-state index in [1.54, 1.807) is 25.6 Å². The number of hydrogen-bond donors (Lipinski definition) is 1.